The van der Waals surface area contributed by atoms with E-state index in [0.29, 0.717) is 12.1 Å². The molecular weight excluding hydrogens is 366 g/mol. The number of nitrogens with one attached hydrogen (secondary N) is 1. The summed E-state index contributed by atoms with van der Waals surface area (Å²) in [6.45, 7) is 7.60. The topological polar surface area (TPSA) is 38.8 Å². The standard InChI is InChI=1S/C17H25FN4O.2ClH/c18-15-3-1-2-4-16(15)21-13-11-20(12-14-21)8-5-17(23)22-9-6-19-7-10-22;;/h1-4,19H,5-14H2;2*1H. The molecule has 2 fully saturated rings. The van der Waals surface area contributed by atoms with Crippen LogP contribution in [-0.2, 0) is 4.79 Å². The molecule has 0 aliphatic carbocycles. The SMILES string of the molecule is Cl.Cl.O=C(CCN1CCN(c2ccccc2F)CC1)N1CCNCC1. The lowest BCUT2D eigenvalue weighted by atomic mass is 10.2. The van der Waals surface area contributed by atoms with Gasteiger partial charge in [0.15, 0.2) is 0 Å². The lowest BCUT2D eigenvalue weighted by Gasteiger charge is -2.36. The van der Waals surface area contributed by atoms with Crippen LogP contribution in [0.4, 0.5) is 10.1 Å². The summed E-state index contributed by atoms with van der Waals surface area (Å²) < 4.78 is 13.8. The number of carbonyl (C=O) groups is 1. The van der Waals surface area contributed by atoms with Crippen molar-refractivity contribution in [3.05, 3.63) is 30.1 Å². The van der Waals surface area contributed by atoms with Gasteiger partial charge in [0.25, 0.3) is 0 Å². The van der Waals surface area contributed by atoms with E-state index in [1.807, 2.05) is 17.0 Å². The van der Waals surface area contributed by atoms with Crippen LogP contribution in [0, 0.1) is 5.82 Å². The van der Waals surface area contributed by atoms with Crippen LogP contribution in [0.1, 0.15) is 6.42 Å². The Bertz CT molecular complexity index is 535. The molecule has 1 N–H and O–H groups in total. The summed E-state index contributed by atoms with van der Waals surface area (Å²) in [4.78, 5) is 18.5. The van der Waals surface area contributed by atoms with Gasteiger partial charge in [0, 0.05) is 65.3 Å². The number of nitrogens with zero attached hydrogens (tertiary/aromatic N) is 3. The second-order valence-corrected chi connectivity index (χ2v) is 6.16. The van der Waals surface area contributed by atoms with Crippen molar-refractivity contribution in [2.24, 2.45) is 0 Å². The van der Waals surface area contributed by atoms with Crippen LogP contribution in [0.25, 0.3) is 0 Å². The van der Waals surface area contributed by atoms with Crippen LogP contribution in [0.5, 0.6) is 0 Å². The van der Waals surface area contributed by atoms with Crippen molar-refractivity contribution in [2.45, 2.75) is 6.42 Å². The molecule has 0 radical (unpaired) electrons. The molecule has 2 aliphatic heterocycles. The van der Waals surface area contributed by atoms with Crippen LogP contribution in [-0.4, -0.2) is 74.6 Å². The summed E-state index contributed by atoms with van der Waals surface area (Å²) in [7, 11) is 0. The van der Waals surface area contributed by atoms with Crippen LogP contribution >= 0.6 is 24.8 Å². The van der Waals surface area contributed by atoms with Crippen molar-refractivity contribution < 1.29 is 9.18 Å². The van der Waals surface area contributed by atoms with E-state index < -0.39 is 0 Å². The fraction of sp³-hybridized carbons (Fsp3) is 0.588. The van der Waals surface area contributed by atoms with Gasteiger partial charge in [-0.3, -0.25) is 9.69 Å². The summed E-state index contributed by atoms with van der Waals surface area (Å²) in [6, 6.07) is 6.93. The van der Waals surface area contributed by atoms with Gasteiger partial charge in [-0.15, -0.1) is 24.8 Å². The Morgan fingerprint density at radius 3 is 2.28 bits per heavy atom. The highest BCUT2D eigenvalue weighted by Gasteiger charge is 2.21. The fourth-order valence-corrected chi connectivity index (χ4v) is 3.25. The van der Waals surface area contributed by atoms with E-state index in [0.717, 1.165) is 58.9 Å². The summed E-state index contributed by atoms with van der Waals surface area (Å²) in [5, 5.41) is 3.26. The molecule has 5 nitrogen and oxygen atoms in total. The van der Waals surface area contributed by atoms with Gasteiger partial charge in [0.1, 0.15) is 5.82 Å². The third-order valence-electron chi connectivity index (χ3n) is 4.68. The number of benzene rings is 1. The minimum absolute atomic E-state index is 0. The first-order valence-corrected chi connectivity index (χ1v) is 8.44. The molecule has 2 aliphatic rings. The molecule has 1 aromatic rings. The monoisotopic (exact) mass is 392 g/mol. The number of carbonyl (C=O) groups excluding carboxylic acids is 1. The minimum atomic E-state index is -0.158. The van der Waals surface area contributed by atoms with Gasteiger partial charge in [0.2, 0.25) is 5.91 Å². The molecule has 0 bridgehead atoms. The summed E-state index contributed by atoms with van der Waals surface area (Å²) in [5.41, 5.74) is 0.684. The Morgan fingerprint density at radius 2 is 1.64 bits per heavy atom. The largest absolute Gasteiger partial charge is 0.367 e. The molecule has 2 heterocycles. The summed E-state index contributed by atoms with van der Waals surface area (Å²) in [6.07, 6.45) is 0.583. The molecular formula is C17H27Cl2FN4O. The Balaban J connectivity index is 0.00000156. The number of anilines is 1. The van der Waals surface area contributed by atoms with Crippen LogP contribution in [0.15, 0.2) is 24.3 Å². The maximum absolute atomic E-state index is 13.8. The number of piperazine rings is 2. The molecule has 8 heteroatoms. The number of amides is 1. The molecule has 3 rings (SSSR count). The molecule has 1 aromatic carbocycles. The van der Waals surface area contributed by atoms with E-state index in [2.05, 4.69) is 15.1 Å². The zero-order valence-corrected chi connectivity index (χ0v) is 16.0. The first-order chi connectivity index (χ1) is 11.2. The molecule has 0 spiro atoms. The number of hydrogen-bond acceptors (Lipinski definition) is 4. The van der Waals surface area contributed by atoms with E-state index in [-0.39, 0.29) is 36.5 Å². The maximum atomic E-state index is 13.8. The lowest BCUT2D eigenvalue weighted by molar-refractivity contribution is -0.132. The van der Waals surface area contributed by atoms with Crippen molar-refractivity contribution in [1.82, 2.24) is 15.1 Å². The van der Waals surface area contributed by atoms with Gasteiger partial charge in [-0.1, -0.05) is 12.1 Å². The Kier molecular flexibility index (Phi) is 9.50. The number of hydrogen-bond donors (Lipinski definition) is 1. The highest BCUT2D eigenvalue weighted by atomic mass is 35.5. The van der Waals surface area contributed by atoms with Crippen molar-refractivity contribution >= 4 is 36.4 Å². The van der Waals surface area contributed by atoms with Gasteiger partial charge in [-0.2, -0.15) is 0 Å². The second-order valence-electron chi connectivity index (χ2n) is 6.16. The van der Waals surface area contributed by atoms with Crippen LogP contribution < -0.4 is 10.2 Å². The molecule has 142 valence electrons. The lowest BCUT2D eigenvalue weighted by Crippen LogP contribution is -2.49. The summed E-state index contributed by atoms with van der Waals surface area (Å²) >= 11 is 0. The van der Waals surface area contributed by atoms with Crippen LogP contribution in [0.2, 0.25) is 0 Å². The van der Waals surface area contributed by atoms with Crippen LogP contribution in [0.3, 0.4) is 0 Å². The third kappa shape index (κ3) is 5.99. The fourth-order valence-electron chi connectivity index (χ4n) is 3.25. The van der Waals surface area contributed by atoms with Crippen molar-refractivity contribution in [3.63, 3.8) is 0 Å². The van der Waals surface area contributed by atoms with Gasteiger partial charge < -0.3 is 15.1 Å². The molecule has 2 saturated heterocycles. The van der Waals surface area contributed by atoms with E-state index in [1.165, 1.54) is 6.07 Å². The third-order valence-corrected chi connectivity index (χ3v) is 4.68. The van der Waals surface area contributed by atoms with Gasteiger partial charge in [-0.05, 0) is 12.1 Å². The number of halogens is 3. The molecule has 25 heavy (non-hydrogen) atoms. The molecule has 0 saturated carbocycles. The Morgan fingerprint density at radius 1 is 1.00 bits per heavy atom. The maximum Gasteiger partial charge on any atom is 0.223 e. The smallest absolute Gasteiger partial charge is 0.223 e. The number of rotatable bonds is 4. The van der Waals surface area contributed by atoms with Gasteiger partial charge in [0.05, 0.1) is 5.69 Å². The molecule has 1 amide bonds. The van der Waals surface area contributed by atoms with Crippen molar-refractivity contribution in [1.29, 1.82) is 0 Å². The van der Waals surface area contributed by atoms with Crippen molar-refractivity contribution in [3.8, 4) is 0 Å². The van der Waals surface area contributed by atoms with E-state index >= 15 is 0 Å². The minimum Gasteiger partial charge on any atom is -0.367 e. The Labute approximate surface area is 161 Å². The number of para-hydroxylation sites is 1. The normalized spacial score (nSPS) is 18.3. The summed E-state index contributed by atoms with van der Waals surface area (Å²) in [5.74, 6) is 0.0952. The molecule has 0 atom stereocenters. The predicted molar refractivity (Wildman–Crippen MR) is 104 cm³/mol. The first kappa shape index (κ1) is 22.0. The second kappa shape index (κ2) is 10.8. The quantitative estimate of drug-likeness (QED) is 0.844. The first-order valence-electron chi connectivity index (χ1n) is 8.44. The zero-order chi connectivity index (χ0) is 16.1. The molecule has 0 aromatic heterocycles. The molecule has 0 unspecified atom stereocenters. The Hall–Kier alpha value is -1.08. The van der Waals surface area contributed by atoms with E-state index in [4.69, 9.17) is 0 Å². The highest BCUT2D eigenvalue weighted by Crippen LogP contribution is 2.20. The highest BCUT2D eigenvalue weighted by molar-refractivity contribution is 5.85. The van der Waals surface area contributed by atoms with Crippen molar-refractivity contribution in [2.75, 3.05) is 63.8 Å². The van der Waals surface area contributed by atoms with Gasteiger partial charge in [-0.25, -0.2) is 4.39 Å². The zero-order valence-electron chi connectivity index (χ0n) is 14.3. The van der Waals surface area contributed by atoms with Gasteiger partial charge >= 0.3 is 0 Å². The van der Waals surface area contributed by atoms with E-state index in [9.17, 15) is 9.18 Å². The van der Waals surface area contributed by atoms with E-state index in [1.54, 1.807) is 6.07 Å². The average molecular weight is 393 g/mol. The average Bonchev–Trinajstić information content (AvgIpc) is 2.61. The predicted octanol–water partition coefficient (Wildman–Crippen LogP) is 1.61.